The lowest BCUT2D eigenvalue weighted by Gasteiger charge is -2.29. The molecule has 0 fully saturated rings. The Morgan fingerprint density at radius 1 is 1.05 bits per heavy atom. The van der Waals surface area contributed by atoms with Gasteiger partial charge < -0.3 is 20.3 Å². The lowest BCUT2D eigenvalue weighted by molar-refractivity contribution is -0.172. The topological polar surface area (TPSA) is 117 Å². The molecule has 10 nitrogen and oxygen atoms in total. The van der Waals surface area contributed by atoms with E-state index in [0.29, 0.717) is 25.7 Å². The van der Waals surface area contributed by atoms with Crippen LogP contribution in [-0.4, -0.2) is 80.2 Å². The zero-order chi connectivity index (χ0) is 29.4. The van der Waals surface area contributed by atoms with E-state index in [1.165, 1.54) is 25.5 Å². The van der Waals surface area contributed by atoms with Crippen molar-refractivity contribution < 1.29 is 28.8 Å². The van der Waals surface area contributed by atoms with Crippen molar-refractivity contribution in [2.75, 3.05) is 28.3 Å². The molecule has 0 saturated heterocycles. The van der Waals surface area contributed by atoms with Gasteiger partial charge in [0.15, 0.2) is 0 Å². The molecule has 1 aliphatic heterocycles. The number of hydrogen-bond donors (Lipinski definition) is 2. The summed E-state index contributed by atoms with van der Waals surface area (Å²) in [5.41, 5.74) is 0. The second-order valence-corrected chi connectivity index (χ2v) is 11.1. The maximum Gasteiger partial charge on any atom is 0.408 e. The fourth-order valence-electron chi connectivity index (χ4n) is 4.68. The van der Waals surface area contributed by atoms with Gasteiger partial charge in [0.1, 0.15) is 18.2 Å². The summed E-state index contributed by atoms with van der Waals surface area (Å²) >= 11 is 0. The summed E-state index contributed by atoms with van der Waals surface area (Å²) < 4.78 is 5.79. The molecule has 4 atom stereocenters. The van der Waals surface area contributed by atoms with Crippen LogP contribution in [0.3, 0.4) is 0 Å². The summed E-state index contributed by atoms with van der Waals surface area (Å²) in [4.78, 5) is 59.1. The highest BCUT2D eigenvalue weighted by atomic mass is 16.7. The zero-order valence-electron chi connectivity index (χ0n) is 25.2. The molecule has 1 aliphatic rings. The molecule has 4 amide bonds. The number of unbranched alkanes of at least 4 members (excludes halogenated alkanes) is 4. The number of likely N-dealkylation sites (N-methyl/N-ethyl adjacent to an activating group) is 1. The number of nitrogens with one attached hydrogen (secondary N) is 2. The maximum absolute atomic E-state index is 13.4. The minimum Gasteiger partial charge on any atom is -0.446 e. The Balaban J connectivity index is 3.26. The van der Waals surface area contributed by atoms with Crippen molar-refractivity contribution in [1.82, 2.24) is 20.6 Å². The average molecular weight is 553 g/mol. The monoisotopic (exact) mass is 552 g/mol. The third kappa shape index (κ3) is 13.3. The number of amides is 4. The molecule has 0 bridgehead atoms. The molecule has 0 aromatic carbocycles. The minimum atomic E-state index is -1.02. The van der Waals surface area contributed by atoms with Crippen molar-refractivity contribution in [2.24, 2.45) is 11.8 Å². The number of cyclic esters (lactones) is 1. The molecule has 0 radical (unpaired) electrons. The Morgan fingerprint density at radius 2 is 1.74 bits per heavy atom. The van der Waals surface area contributed by atoms with Gasteiger partial charge in [-0.25, -0.2) is 9.86 Å². The summed E-state index contributed by atoms with van der Waals surface area (Å²) in [6.07, 6.45) is 11.6. The number of allylic oxidation sites excluding steroid dienone is 2. The first-order chi connectivity index (χ1) is 18.5. The van der Waals surface area contributed by atoms with Crippen LogP contribution in [0, 0.1) is 11.8 Å². The second kappa shape index (κ2) is 18.6. The highest BCUT2D eigenvalue weighted by Crippen LogP contribution is 2.20. The number of hydroxylamine groups is 2. The van der Waals surface area contributed by atoms with Gasteiger partial charge in [-0.3, -0.25) is 19.2 Å². The van der Waals surface area contributed by atoms with Gasteiger partial charge in [-0.1, -0.05) is 58.6 Å². The first-order valence-corrected chi connectivity index (χ1v) is 14.4. The normalized spacial score (nSPS) is 24.0. The molecular formula is C29H52N4O6. The molecule has 1 heterocycles. The summed E-state index contributed by atoms with van der Waals surface area (Å²) in [6, 6.07) is -1.91. The molecule has 0 saturated carbocycles. The summed E-state index contributed by atoms with van der Waals surface area (Å²) in [7, 11) is 6.16. The molecule has 0 spiro atoms. The summed E-state index contributed by atoms with van der Waals surface area (Å²) in [5, 5.41) is 6.57. The minimum absolute atomic E-state index is 0.0961. The van der Waals surface area contributed by atoms with Crippen LogP contribution in [-0.2, 0) is 24.0 Å². The quantitative estimate of drug-likeness (QED) is 0.225. The number of alkyl carbamates (subject to hydrolysis) is 1. The molecule has 2 unspecified atom stereocenters. The Morgan fingerprint density at radius 3 is 2.36 bits per heavy atom. The van der Waals surface area contributed by atoms with Gasteiger partial charge >= 0.3 is 6.09 Å². The van der Waals surface area contributed by atoms with E-state index in [0.717, 1.165) is 37.2 Å². The highest BCUT2D eigenvalue weighted by Gasteiger charge is 2.33. The van der Waals surface area contributed by atoms with Crippen LogP contribution in [0.15, 0.2) is 12.2 Å². The van der Waals surface area contributed by atoms with Gasteiger partial charge in [-0.05, 0) is 50.9 Å². The van der Waals surface area contributed by atoms with E-state index in [4.69, 9.17) is 9.57 Å². The third-order valence-corrected chi connectivity index (χ3v) is 6.97. The molecule has 10 heteroatoms. The number of carbonyl (C=O) groups is 4. The van der Waals surface area contributed by atoms with Gasteiger partial charge in [-0.2, -0.15) is 0 Å². The van der Waals surface area contributed by atoms with Gasteiger partial charge in [0.25, 0.3) is 5.91 Å². The number of carbonyl (C=O) groups excluding carboxylic acids is 4. The zero-order valence-corrected chi connectivity index (χ0v) is 25.2. The first-order valence-electron chi connectivity index (χ1n) is 14.4. The van der Waals surface area contributed by atoms with E-state index < -0.39 is 35.9 Å². The molecule has 2 N–H and O–H groups in total. The first kappa shape index (κ1) is 34.4. The summed E-state index contributed by atoms with van der Waals surface area (Å²) in [5.74, 6) is -1.53. The smallest absolute Gasteiger partial charge is 0.408 e. The van der Waals surface area contributed by atoms with Gasteiger partial charge in [0.05, 0.1) is 7.11 Å². The van der Waals surface area contributed by atoms with Gasteiger partial charge in [0, 0.05) is 27.1 Å². The van der Waals surface area contributed by atoms with Crippen molar-refractivity contribution >= 4 is 23.8 Å². The number of ether oxygens (including phenoxy) is 1. The van der Waals surface area contributed by atoms with E-state index in [1.807, 2.05) is 26.0 Å². The van der Waals surface area contributed by atoms with E-state index in [2.05, 4.69) is 17.6 Å². The largest absolute Gasteiger partial charge is 0.446 e. The van der Waals surface area contributed by atoms with Crippen LogP contribution in [0.1, 0.15) is 91.4 Å². The number of rotatable bonds is 11. The predicted octanol–water partition coefficient (Wildman–Crippen LogP) is 4.20. The molecule has 0 aromatic rings. The van der Waals surface area contributed by atoms with Gasteiger partial charge in [0.2, 0.25) is 11.8 Å². The Bertz CT molecular complexity index is 801. The van der Waals surface area contributed by atoms with E-state index >= 15 is 0 Å². The van der Waals surface area contributed by atoms with Crippen LogP contribution in [0.2, 0.25) is 0 Å². The van der Waals surface area contributed by atoms with Crippen molar-refractivity contribution in [3.05, 3.63) is 12.2 Å². The third-order valence-electron chi connectivity index (χ3n) is 6.97. The standard InChI is InChI=1S/C29H52N4O6/c1-8-9-10-11-14-17-23-18-15-12-13-16-22(27(35)32(4)5)20-25(28(36)33(6)38-7)30-26(34)24(19-21(2)3)31-29(37)39-23/h12-13,21-25H,8-11,14-20H2,1-7H3,(H,30,34)(H,31,37)/b13-12+/t22?,23?,24-,25-/m0/s1. The predicted molar refractivity (Wildman–Crippen MR) is 152 cm³/mol. The van der Waals surface area contributed by atoms with E-state index in [1.54, 1.807) is 14.1 Å². The lowest BCUT2D eigenvalue weighted by atomic mass is 9.93. The Kier molecular flexibility index (Phi) is 16.4. The SMILES string of the molecule is CCCCCCCC1CC/C=C/CC(C(=O)N(C)C)C[C@@H](C(=O)N(C)OC)NC(=O)[C@H](CC(C)C)NC(=O)O1. The highest BCUT2D eigenvalue weighted by molar-refractivity contribution is 5.91. The molecule has 0 aliphatic carbocycles. The fourth-order valence-corrected chi connectivity index (χ4v) is 4.68. The van der Waals surface area contributed by atoms with Crippen LogP contribution < -0.4 is 10.6 Å². The summed E-state index contributed by atoms with van der Waals surface area (Å²) in [6.45, 7) is 6.08. The van der Waals surface area contributed by atoms with Crippen molar-refractivity contribution in [3.8, 4) is 0 Å². The van der Waals surface area contributed by atoms with Crippen molar-refractivity contribution in [2.45, 2.75) is 110 Å². The Hall–Kier alpha value is -2.62. The molecule has 224 valence electrons. The molecule has 0 aromatic heterocycles. The number of nitrogens with zero attached hydrogens (tertiary/aromatic N) is 2. The van der Waals surface area contributed by atoms with Crippen LogP contribution in [0.5, 0.6) is 0 Å². The molecule has 1 rings (SSSR count). The average Bonchev–Trinajstić information content (AvgIpc) is 2.88. The van der Waals surface area contributed by atoms with E-state index in [-0.39, 0.29) is 24.3 Å². The van der Waals surface area contributed by atoms with Crippen LogP contribution in [0.25, 0.3) is 0 Å². The van der Waals surface area contributed by atoms with Crippen molar-refractivity contribution in [1.29, 1.82) is 0 Å². The molecule has 39 heavy (non-hydrogen) atoms. The molecular weight excluding hydrogens is 500 g/mol. The lowest BCUT2D eigenvalue weighted by Crippen LogP contribution is -2.55. The van der Waals surface area contributed by atoms with Crippen LogP contribution in [0.4, 0.5) is 4.79 Å². The van der Waals surface area contributed by atoms with Gasteiger partial charge in [-0.15, -0.1) is 0 Å². The number of hydrogen-bond acceptors (Lipinski definition) is 6. The Labute approximate surface area is 235 Å². The van der Waals surface area contributed by atoms with Crippen molar-refractivity contribution in [3.63, 3.8) is 0 Å². The second-order valence-electron chi connectivity index (χ2n) is 11.1. The maximum atomic E-state index is 13.4. The fraction of sp³-hybridized carbons (Fsp3) is 0.793. The van der Waals surface area contributed by atoms with Crippen LogP contribution >= 0.6 is 0 Å². The van der Waals surface area contributed by atoms with E-state index in [9.17, 15) is 19.2 Å².